The van der Waals surface area contributed by atoms with Crippen molar-refractivity contribution in [3.8, 4) is 5.75 Å². The highest BCUT2D eigenvalue weighted by Crippen LogP contribution is 2.35. The van der Waals surface area contributed by atoms with E-state index in [4.69, 9.17) is 4.74 Å². The first-order valence-corrected chi connectivity index (χ1v) is 10.6. The Morgan fingerprint density at radius 3 is 2.46 bits per heavy atom. The molecule has 0 aliphatic heterocycles. The van der Waals surface area contributed by atoms with Gasteiger partial charge in [-0.15, -0.1) is 0 Å². The molecule has 7 heteroatoms. The summed E-state index contributed by atoms with van der Waals surface area (Å²) in [7, 11) is 0. The van der Waals surface area contributed by atoms with E-state index in [0.29, 0.717) is 25.0 Å². The van der Waals surface area contributed by atoms with Crippen LogP contribution < -0.4 is 10.2 Å². The third-order valence-corrected chi connectivity index (χ3v) is 5.56. The van der Waals surface area contributed by atoms with E-state index in [2.05, 4.69) is 42.4 Å². The van der Waals surface area contributed by atoms with E-state index in [9.17, 15) is 9.59 Å². The van der Waals surface area contributed by atoms with Gasteiger partial charge in [0.15, 0.2) is 0 Å². The van der Waals surface area contributed by atoms with Crippen LogP contribution in [0.5, 0.6) is 5.75 Å². The number of halogens is 2. The van der Waals surface area contributed by atoms with E-state index in [1.165, 1.54) is 0 Å². The summed E-state index contributed by atoms with van der Waals surface area (Å²) < 4.78 is 7.67. The first-order valence-electron chi connectivity index (χ1n) is 8.97. The second-order valence-electron chi connectivity index (χ2n) is 6.73. The van der Waals surface area contributed by atoms with Gasteiger partial charge in [-0.05, 0) is 87.0 Å². The van der Waals surface area contributed by atoms with Crippen LogP contribution >= 0.6 is 31.9 Å². The highest BCUT2D eigenvalue weighted by atomic mass is 79.9. The van der Waals surface area contributed by atoms with E-state index >= 15 is 0 Å². The third kappa shape index (κ3) is 5.52. The molecule has 0 radical (unpaired) electrons. The molecule has 5 nitrogen and oxygen atoms in total. The predicted molar refractivity (Wildman–Crippen MR) is 116 cm³/mol. The molecule has 0 spiro atoms. The largest absolute Gasteiger partial charge is 0.487 e. The van der Waals surface area contributed by atoms with Crippen molar-refractivity contribution < 1.29 is 14.3 Å². The van der Waals surface area contributed by atoms with Gasteiger partial charge in [-0.2, -0.15) is 5.10 Å². The van der Waals surface area contributed by atoms with Crippen molar-refractivity contribution in [2.75, 3.05) is 0 Å². The fourth-order valence-electron chi connectivity index (χ4n) is 2.92. The summed E-state index contributed by atoms with van der Waals surface area (Å²) in [6, 6.07) is 11.2. The Bertz CT molecular complexity index is 901. The van der Waals surface area contributed by atoms with Gasteiger partial charge in [0, 0.05) is 24.1 Å². The first-order chi connectivity index (χ1) is 13.4. The lowest BCUT2D eigenvalue weighted by molar-refractivity contribution is -0.118. The van der Waals surface area contributed by atoms with Crippen LogP contribution in [0.4, 0.5) is 0 Å². The molecule has 0 bridgehead atoms. The zero-order valence-corrected chi connectivity index (χ0v) is 18.6. The van der Waals surface area contributed by atoms with E-state index in [0.717, 1.165) is 44.4 Å². The molecule has 0 unspecified atom stereocenters. The number of benzene rings is 2. The molecule has 1 aliphatic carbocycles. The number of ketones is 1. The molecule has 28 heavy (non-hydrogen) atoms. The number of rotatable bonds is 5. The standard InChI is InChI=1S/C21H20Br2N2O3/c1-13-9-18(22)20(19(23)10-13)28-12-14-5-7-15(8-6-14)21(27)25-24-16-3-2-4-17(26)11-16/h5-10H,2-4,11-12H2,1H3,(H,25,27)/b24-16-. The lowest BCUT2D eigenvalue weighted by Gasteiger charge is -2.12. The fraction of sp³-hybridized carbons (Fsp3) is 0.286. The van der Waals surface area contributed by atoms with Crippen molar-refractivity contribution >= 4 is 49.3 Å². The Morgan fingerprint density at radius 2 is 1.82 bits per heavy atom. The molecule has 2 aromatic rings. The molecule has 0 atom stereocenters. The van der Waals surface area contributed by atoms with Gasteiger partial charge in [-0.1, -0.05) is 12.1 Å². The summed E-state index contributed by atoms with van der Waals surface area (Å²) in [4.78, 5) is 23.7. The number of Topliss-reactive ketones (excluding diaryl/α,β-unsaturated/α-hetero) is 1. The van der Waals surface area contributed by atoms with E-state index in [1.54, 1.807) is 12.1 Å². The first kappa shape index (κ1) is 20.7. The summed E-state index contributed by atoms with van der Waals surface area (Å²) >= 11 is 7.03. The van der Waals surface area contributed by atoms with Crippen LogP contribution in [0.15, 0.2) is 50.4 Å². The van der Waals surface area contributed by atoms with Gasteiger partial charge < -0.3 is 4.74 Å². The number of carbonyl (C=O) groups is 2. The molecule has 3 rings (SSSR count). The summed E-state index contributed by atoms with van der Waals surface area (Å²) in [5.74, 6) is 0.628. The second kappa shape index (κ2) is 9.47. The van der Waals surface area contributed by atoms with Gasteiger partial charge in [-0.25, -0.2) is 5.43 Å². The van der Waals surface area contributed by atoms with Crippen molar-refractivity contribution in [1.82, 2.24) is 5.43 Å². The van der Waals surface area contributed by atoms with Crippen molar-refractivity contribution in [2.45, 2.75) is 39.2 Å². The van der Waals surface area contributed by atoms with E-state index < -0.39 is 0 Å². The zero-order chi connectivity index (χ0) is 20.1. The SMILES string of the molecule is Cc1cc(Br)c(OCc2ccc(C(=O)N/N=C3/CCCC(=O)C3)cc2)c(Br)c1. The highest BCUT2D eigenvalue weighted by Gasteiger charge is 2.15. The maximum atomic E-state index is 12.2. The Morgan fingerprint density at radius 1 is 1.14 bits per heavy atom. The van der Waals surface area contributed by atoms with Gasteiger partial charge in [-0.3, -0.25) is 9.59 Å². The average molecular weight is 508 g/mol. The maximum Gasteiger partial charge on any atom is 0.271 e. The Balaban J connectivity index is 1.58. The number of nitrogens with one attached hydrogen (secondary N) is 1. The molecule has 0 aromatic heterocycles. The van der Waals surface area contributed by atoms with Crippen LogP contribution in [-0.4, -0.2) is 17.4 Å². The van der Waals surface area contributed by atoms with Gasteiger partial charge in [0.05, 0.1) is 8.95 Å². The van der Waals surface area contributed by atoms with E-state index in [1.807, 2.05) is 31.2 Å². The maximum absolute atomic E-state index is 12.2. The molecule has 1 N–H and O–H groups in total. The molecule has 146 valence electrons. The lowest BCUT2D eigenvalue weighted by Crippen LogP contribution is -2.22. The number of hydrazone groups is 1. The Hall–Kier alpha value is -1.99. The molecular weight excluding hydrogens is 488 g/mol. The minimum Gasteiger partial charge on any atom is -0.487 e. The lowest BCUT2D eigenvalue weighted by atomic mass is 9.97. The summed E-state index contributed by atoms with van der Waals surface area (Å²) in [5, 5.41) is 4.10. The topological polar surface area (TPSA) is 67.8 Å². The monoisotopic (exact) mass is 506 g/mol. The number of ether oxygens (including phenoxy) is 1. The Labute approximate surface area is 180 Å². The van der Waals surface area contributed by atoms with Crippen LogP contribution in [-0.2, 0) is 11.4 Å². The number of nitrogens with zero attached hydrogens (tertiary/aromatic N) is 1. The van der Waals surface area contributed by atoms with Crippen LogP contribution in [0.25, 0.3) is 0 Å². The normalized spacial score (nSPS) is 15.5. The van der Waals surface area contributed by atoms with Gasteiger partial charge in [0.1, 0.15) is 18.1 Å². The molecule has 1 aliphatic rings. The van der Waals surface area contributed by atoms with Crippen LogP contribution in [0, 0.1) is 6.92 Å². The molecule has 2 aromatic carbocycles. The molecule has 0 heterocycles. The van der Waals surface area contributed by atoms with Gasteiger partial charge in [0.2, 0.25) is 0 Å². The Kier molecular flexibility index (Phi) is 7.02. The zero-order valence-electron chi connectivity index (χ0n) is 15.4. The highest BCUT2D eigenvalue weighted by molar-refractivity contribution is 9.11. The quantitative estimate of drug-likeness (QED) is 0.556. The smallest absolute Gasteiger partial charge is 0.271 e. The second-order valence-corrected chi connectivity index (χ2v) is 8.44. The van der Waals surface area contributed by atoms with Crippen molar-refractivity contribution in [2.24, 2.45) is 5.10 Å². The average Bonchev–Trinajstić information content (AvgIpc) is 2.66. The summed E-state index contributed by atoms with van der Waals surface area (Å²) in [6.07, 6.45) is 2.49. The molecule has 1 amide bonds. The van der Waals surface area contributed by atoms with Crippen molar-refractivity contribution in [3.05, 3.63) is 62.0 Å². The number of carbonyl (C=O) groups excluding carboxylic acids is 2. The van der Waals surface area contributed by atoms with Crippen LogP contribution in [0.1, 0.15) is 47.2 Å². The number of aryl methyl sites for hydroxylation is 1. The van der Waals surface area contributed by atoms with Crippen molar-refractivity contribution in [3.63, 3.8) is 0 Å². The van der Waals surface area contributed by atoms with E-state index in [-0.39, 0.29) is 11.7 Å². The predicted octanol–water partition coefficient (Wildman–Crippen LogP) is 5.33. The number of hydrogen-bond donors (Lipinski definition) is 1. The minimum atomic E-state index is -0.290. The number of amides is 1. The molecule has 0 saturated heterocycles. The summed E-state index contributed by atoms with van der Waals surface area (Å²) in [5.41, 5.74) is 5.86. The van der Waals surface area contributed by atoms with Crippen LogP contribution in [0.2, 0.25) is 0 Å². The number of hydrogen-bond acceptors (Lipinski definition) is 4. The van der Waals surface area contributed by atoms with Crippen LogP contribution in [0.3, 0.4) is 0 Å². The molecule has 1 saturated carbocycles. The van der Waals surface area contributed by atoms with Gasteiger partial charge in [0.25, 0.3) is 5.91 Å². The van der Waals surface area contributed by atoms with Gasteiger partial charge >= 0.3 is 0 Å². The molecule has 1 fully saturated rings. The fourth-order valence-corrected chi connectivity index (χ4v) is 4.56. The minimum absolute atomic E-state index is 0.176. The molecular formula is C21H20Br2N2O3. The third-order valence-electron chi connectivity index (χ3n) is 4.38. The summed E-state index contributed by atoms with van der Waals surface area (Å²) in [6.45, 7) is 2.40. The van der Waals surface area contributed by atoms with Crippen molar-refractivity contribution in [1.29, 1.82) is 0 Å².